The van der Waals surface area contributed by atoms with Gasteiger partial charge in [-0.15, -0.1) is 0 Å². The Morgan fingerprint density at radius 2 is 1.63 bits per heavy atom. The summed E-state index contributed by atoms with van der Waals surface area (Å²) in [5.74, 6) is -0.837. The number of aromatic carboxylic acids is 1. The molecule has 0 atom stereocenters. The van der Waals surface area contributed by atoms with E-state index >= 15 is 0 Å². The highest BCUT2D eigenvalue weighted by atomic mass is 16.5. The number of amides is 1. The van der Waals surface area contributed by atoms with Gasteiger partial charge in [0.25, 0.3) is 5.91 Å². The van der Waals surface area contributed by atoms with Crippen LogP contribution >= 0.6 is 0 Å². The number of carbonyl (C=O) groups excluding carboxylic acids is 1. The van der Waals surface area contributed by atoms with Gasteiger partial charge in [0.1, 0.15) is 24.0 Å². The molecule has 0 fully saturated rings. The average molecular weight is 398 g/mol. The predicted molar refractivity (Wildman–Crippen MR) is 113 cm³/mol. The van der Waals surface area contributed by atoms with Crippen molar-refractivity contribution >= 4 is 23.6 Å². The van der Waals surface area contributed by atoms with Gasteiger partial charge in [0.05, 0.1) is 5.56 Å². The molecule has 6 heteroatoms. The molecule has 3 rings (SSSR count). The Morgan fingerprint density at radius 1 is 0.967 bits per heavy atom. The molecule has 0 bridgehead atoms. The monoisotopic (exact) mass is 398 g/mol. The number of nitrogens with one attached hydrogen (secondary N) is 1. The zero-order valence-corrected chi connectivity index (χ0v) is 15.9. The molecule has 0 saturated heterocycles. The van der Waals surface area contributed by atoms with E-state index in [1.165, 1.54) is 18.2 Å². The molecule has 0 spiro atoms. The third-order valence-electron chi connectivity index (χ3n) is 4.19. The Kier molecular flexibility index (Phi) is 6.59. The van der Waals surface area contributed by atoms with Gasteiger partial charge in [-0.25, -0.2) is 4.79 Å². The van der Waals surface area contributed by atoms with Crippen molar-refractivity contribution in [2.24, 2.45) is 0 Å². The number of carboxylic acids is 1. The highest BCUT2D eigenvalue weighted by molar-refractivity contribution is 6.09. The number of carboxylic acid groups (broad SMARTS) is 1. The van der Waals surface area contributed by atoms with E-state index in [1.54, 1.807) is 60.7 Å². The third-order valence-corrected chi connectivity index (χ3v) is 4.19. The van der Waals surface area contributed by atoms with Crippen LogP contribution in [0.1, 0.15) is 21.5 Å². The molecule has 3 aromatic rings. The first-order valence-corrected chi connectivity index (χ1v) is 9.08. The average Bonchev–Trinajstić information content (AvgIpc) is 2.77. The molecular weight excluding hydrogens is 380 g/mol. The topological polar surface area (TPSA) is 99.4 Å². The van der Waals surface area contributed by atoms with Crippen molar-refractivity contribution in [1.82, 2.24) is 0 Å². The normalized spacial score (nSPS) is 10.7. The van der Waals surface area contributed by atoms with Crippen LogP contribution in [0.2, 0.25) is 0 Å². The van der Waals surface area contributed by atoms with Crippen molar-refractivity contribution in [3.05, 3.63) is 101 Å². The van der Waals surface area contributed by atoms with Crippen LogP contribution in [0.3, 0.4) is 0 Å². The molecule has 3 aromatic carbocycles. The molecule has 148 valence electrons. The van der Waals surface area contributed by atoms with Crippen molar-refractivity contribution in [2.75, 3.05) is 5.32 Å². The first-order chi connectivity index (χ1) is 14.5. The quantitative estimate of drug-likeness (QED) is 0.451. The molecule has 1 amide bonds. The molecule has 0 saturated carbocycles. The summed E-state index contributed by atoms with van der Waals surface area (Å²) in [5, 5.41) is 20.9. The molecule has 30 heavy (non-hydrogen) atoms. The molecule has 2 N–H and O–H groups in total. The lowest BCUT2D eigenvalue weighted by Gasteiger charge is -2.07. The zero-order chi connectivity index (χ0) is 21.3. The maximum absolute atomic E-state index is 12.3. The largest absolute Gasteiger partial charge is 0.489 e. The van der Waals surface area contributed by atoms with E-state index in [2.05, 4.69) is 5.32 Å². The number of nitrogens with zero attached hydrogens (tertiary/aromatic N) is 1. The SMILES string of the molecule is N#C/C(=C/c1ccc(OCc2ccc(C(=O)O)cc2)cc1)C(=O)Nc1ccccc1. The van der Waals surface area contributed by atoms with E-state index in [0.717, 1.165) is 5.56 Å². The fourth-order valence-electron chi connectivity index (χ4n) is 2.61. The Hall–Kier alpha value is -4.37. The summed E-state index contributed by atoms with van der Waals surface area (Å²) in [5.41, 5.74) is 2.36. The van der Waals surface area contributed by atoms with Gasteiger partial charge in [-0.2, -0.15) is 5.26 Å². The molecular formula is C24H18N2O4. The van der Waals surface area contributed by atoms with Gasteiger partial charge in [0.2, 0.25) is 0 Å². The second-order valence-corrected chi connectivity index (χ2v) is 6.35. The summed E-state index contributed by atoms with van der Waals surface area (Å²) in [6.07, 6.45) is 1.51. The van der Waals surface area contributed by atoms with Crippen molar-refractivity contribution in [2.45, 2.75) is 6.61 Å². The number of anilines is 1. The third kappa shape index (κ3) is 5.57. The summed E-state index contributed by atoms with van der Waals surface area (Å²) in [6.45, 7) is 0.290. The second kappa shape index (κ2) is 9.71. The predicted octanol–water partition coefficient (Wildman–Crippen LogP) is 4.51. The standard InChI is InChI=1S/C24H18N2O4/c25-15-20(23(27)26-21-4-2-1-3-5-21)14-17-8-12-22(13-9-17)30-16-18-6-10-19(11-7-18)24(28)29/h1-14H,16H2,(H,26,27)(H,28,29)/b20-14-. The lowest BCUT2D eigenvalue weighted by molar-refractivity contribution is -0.112. The highest BCUT2D eigenvalue weighted by Crippen LogP contribution is 2.17. The van der Waals surface area contributed by atoms with Crippen LogP contribution < -0.4 is 10.1 Å². The van der Waals surface area contributed by atoms with E-state index < -0.39 is 11.9 Å². The maximum atomic E-state index is 12.3. The van der Waals surface area contributed by atoms with E-state index in [0.29, 0.717) is 17.0 Å². The van der Waals surface area contributed by atoms with E-state index in [-0.39, 0.29) is 17.7 Å². The van der Waals surface area contributed by atoms with Gasteiger partial charge in [0, 0.05) is 5.69 Å². The van der Waals surface area contributed by atoms with Gasteiger partial charge < -0.3 is 15.2 Å². The zero-order valence-electron chi connectivity index (χ0n) is 15.9. The summed E-state index contributed by atoms with van der Waals surface area (Å²) in [6, 6.07) is 24.3. The van der Waals surface area contributed by atoms with Crippen LogP contribution in [0.15, 0.2) is 84.4 Å². The fourth-order valence-corrected chi connectivity index (χ4v) is 2.61. The molecule has 0 aliphatic heterocycles. The van der Waals surface area contributed by atoms with Gasteiger partial charge in [-0.3, -0.25) is 4.79 Å². The number of ether oxygens (including phenoxy) is 1. The van der Waals surface area contributed by atoms with Crippen LogP contribution in [0.5, 0.6) is 5.75 Å². The molecule has 0 aromatic heterocycles. The Balaban J connectivity index is 1.61. The summed E-state index contributed by atoms with van der Waals surface area (Å²) >= 11 is 0. The van der Waals surface area contributed by atoms with Crippen LogP contribution in [0, 0.1) is 11.3 Å². The number of hydrogen-bond acceptors (Lipinski definition) is 4. The Bertz CT molecular complexity index is 1100. The van der Waals surface area contributed by atoms with Crippen LogP contribution in [-0.2, 0) is 11.4 Å². The molecule has 0 radical (unpaired) electrons. The Morgan fingerprint density at radius 3 is 2.23 bits per heavy atom. The molecule has 0 heterocycles. The number of nitriles is 1. The fraction of sp³-hybridized carbons (Fsp3) is 0.0417. The molecule has 0 unspecified atom stereocenters. The summed E-state index contributed by atoms with van der Waals surface area (Å²) in [4.78, 5) is 23.2. The number of rotatable bonds is 7. The number of carbonyl (C=O) groups is 2. The second-order valence-electron chi connectivity index (χ2n) is 6.35. The minimum Gasteiger partial charge on any atom is -0.489 e. The number of benzene rings is 3. The first-order valence-electron chi connectivity index (χ1n) is 9.08. The number of hydrogen-bond donors (Lipinski definition) is 2. The van der Waals surface area contributed by atoms with Crippen molar-refractivity contribution in [3.8, 4) is 11.8 Å². The molecule has 0 aliphatic carbocycles. The van der Waals surface area contributed by atoms with E-state index in [4.69, 9.17) is 9.84 Å². The van der Waals surface area contributed by atoms with Gasteiger partial charge >= 0.3 is 5.97 Å². The van der Waals surface area contributed by atoms with Gasteiger partial charge in [-0.1, -0.05) is 42.5 Å². The summed E-state index contributed by atoms with van der Waals surface area (Å²) in [7, 11) is 0. The molecule has 6 nitrogen and oxygen atoms in total. The van der Waals surface area contributed by atoms with Crippen molar-refractivity contribution in [3.63, 3.8) is 0 Å². The van der Waals surface area contributed by atoms with E-state index in [1.807, 2.05) is 12.1 Å². The van der Waals surface area contributed by atoms with Crippen LogP contribution in [0.4, 0.5) is 5.69 Å². The first kappa shape index (κ1) is 20.4. The lowest BCUT2D eigenvalue weighted by atomic mass is 10.1. The summed E-state index contributed by atoms with van der Waals surface area (Å²) < 4.78 is 5.69. The van der Waals surface area contributed by atoms with Crippen LogP contribution in [-0.4, -0.2) is 17.0 Å². The minimum atomic E-state index is -0.972. The molecule has 0 aliphatic rings. The van der Waals surface area contributed by atoms with Gasteiger partial charge in [0.15, 0.2) is 0 Å². The highest BCUT2D eigenvalue weighted by Gasteiger charge is 2.09. The Labute approximate surface area is 173 Å². The van der Waals surface area contributed by atoms with E-state index in [9.17, 15) is 14.9 Å². The maximum Gasteiger partial charge on any atom is 0.335 e. The minimum absolute atomic E-state index is 0.00829. The smallest absolute Gasteiger partial charge is 0.335 e. The number of para-hydroxylation sites is 1. The van der Waals surface area contributed by atoms with Crippen molar-refractivity contribution in [1.29, 1.82) is 5.26 Å². The lowest BCUT2D eigenvalue weighted by Crippen LogP contribution is -2.13. The van der Waals surface area contributed by atoms with Crippen LogP contribution in [0.25, 0.3) is 6.08 Å². The van der Waals surface area contributed by atoms with Gasteiger partial charge in [-0.05, 0) is 53.6 Å². The van der Waals surface area contributed by atoms with Crippen molar-refractivity contribution < 1.29 is 19.4 Å².